The topological polar surface area (TPSA) is 97.3 Å². The Morgan fingerprint density at radius 2 is 1.62 bits per heavy atom. The minimum atomic E-state index is -3.60. The molecule has 4 aromatic carbocycles. The number of aliphatic hydroxyl groups is 1. The smallest absolute Gasteiger partial charge is 0.240 e. The molecule has 0 aliphatic carbocycles. The highest BCUT2D eigenvalue weighted by Gasteiger charge is 2.40. The van der Waals surface area contributed by atoms with Crippen LogP contribution in [0.5, 0.6) is 0 Å². The van der Waals surface area contributed by atoms with Gasteiger partial charge in [0.25, 0.3) is 0 Å². The second-order valence-electron chi connectivity index (χ2n) is 12.5. The molecule has 248 valence electrons. The summed E-state index contributed by atoms with van der Waals surface area (Å²) in [6, 6.07) is 32.9. The van der Waals surface area contributed by atoms with Crippen LogP contribution in [0.3, 0.4) is 0 Å². The van der Waals surface area contributed by atoms with Gasteiger partial charge in [-0.1, -0.05) is 91.9 Å². The summed E-state index contributed by atoms with van der Waals surface area (Å²) in [5, 5.41) is 9.58. The van der Waals surface area contributed by atoms with E-state index in [2.05, 4.69) is 28.7 Å². The predicted molar refractivity (Wildman–Crippen MR) is 182 cm³/mol. The number of aliphatic hydroxyl groups excluding tert-OH is 1. The number of likely N-dealkylation sites (tertiary alicyclic amines) is 1. The summed E-state index contributed by atoms with van der Waals surface area (Å²) in [6.07, 6.45) is 1.51. The highest BCUT2D eigenvalue weighted by molar-refractivity contribution is 7.89. The molecule has 2 saturated heterocycles. The van der Waals surface area contributed by atoms with Gasteiger partial charge in [-0.2, -0.15) is 0 Å². The van der Waals surface area contributed by atoms with Gasteiger partial charge in [-0.15, -0.1) is 0 Å². The zero-order valence-corrected chi connectivity index (χ0v) is 27.8. The first-order valence-electron chi connectivity index (χ1n) is 16.3. The molecule has 0 bridgehead atoms. The molecule has 2 aliphatic heterocycles. The van der Waals surface area contributed by atoms with Gasteiger partial charge in [0.1, 0.15) is 0 Å². The minimum absolute atomic E-state index is 0.00409. The summed E-state index contributed by atoms with van der Waals surface area (Å²) in [4.78, 5) is 2.74. The first kappa shape index (κ1) is 33.5. The molecule has 5 unspecified atom stereocenters. The standard InChI is InChI=1S/C38H44N2O6S/c1-27-36(24-40-21-7-10-34(40)26-44-2)45-38(46-37(27)31-15-13-28(25-41)14-16-31)32-19-17-30(18-20-32)33-9-6-8-29(22-33)23-39-47(42,43)35-11-4-3-5-12-35/h3-6,8-9,11-20,22,27,34,36-39,41H,7,10,21,23-26H2,1-2H3. The first-order chi connectivity index (χ1) is 22.8. The number of sulfonamides is 1. The summed E-state index contributed by atoms with van der Waals surface area (Å²) in [7, 11) is -1.84. The van der Waals surface area contributed by atoms with Crippen molar-refractivity contribution in [3.63, 3.8) is 0 Å². The Morgan fingerprint density at radius 3 is 2.34 bits per heavy atom. The number of methoxy groups -OCH3 is 1. The number of hydrogen-bond donors (Lipinski definition) is 2. The average molecular weight is 657 g/mol. The maximum Gasteiger partial charge on any atom is 0.240 e. The van der Waals surface area contributed by atoms with Crippen LogP contribution in [0.4, 0.5) is 0 Å². The van der Waals surface area contributed by atoms with Crippen molar-refractivity contribution in [2.45, 2.75) is 62.4 Å². The van der Waals surface area contributed by atoms with E-state index in [-0.39, 0.29) is 36.2 Å². The molecular weight excluding hydrogens is 612 g/mol. The molecular formula is C38H44N2O6S. The Morgan fingerprint density at radius 1 is 0.872 bits per heavy atom. The maximum absolute atomic E-state index is 12.7. The fourth-order valence-electron chi connectivity index (χ4n) is 6.63. The van der Waals surface area contributed by atoms with Crippen LogP contribution in [-0.2, 0) is 37.4 Å². The molecule has 4 aromatic rings. The lowest BCUT2D eigenvalue weighted by Crippen LogP contribution is -2.46. The molecule has 0 spiro atoms. The van der Waals surface area contributed by atoms with Gasteiger partial charge in [-0.05, 0) is 65.4 Å². The molecule has 47 heavy (non-hydrogen) atoms. The lowest BCUT2D eigenvalue weighted by atomic mass is 9.89. The average Bonchev–Trinajstić information content (AvgIpc) is 3.55. The normalized spacial score (nSPS) is 23.6. The lowest BCUT2D eigenvalue weighted by Gasteiger charge is -2.43. The fourth-order valence-corrected chi connectivity index (χ4v) is 7.67. The van der Waals surface area contributed by atoms with E-state index in [0.717, 1.165) is 59.3 Å². The third kappa shape index (κ3) is 8.01. The minimum Gasteiger partial charge on any atom is -0.392 e. The van der Waals surface area contributed by atoms with E-state index in [9.17, 15) is 13.5 Å². The van der Waals surface area contributed by atoms with E-state index in [4.69, 9.17) is 14.2 Å². The number of nitrogens with one attached hydrogen (secondary N) is 1. The van der Waals surface area contributed by atoms with Crippen LogP contribution in [0.15, 0.2) is 108 Å². The monoisotopic (exact) mass is 656 g/mol. The maximum atomic E-state index is 12.7. The van der Waals surface area contributed by atoms with Gasteiger partial charge in [-0.3, -0.25) is 4.90 Å². The van der Waals surface area contributed by atoms with E-state index >= 15 is 0 Å². The van der Waals surface area contributed by atoms with Crippen molar-refractivity contribution in [2.24, 2.45) is 5.92 Å². The molecule has 0 radical (unpaired) electrons. The third-order valence-corrected chi connectivity index (χ3v) is 10.8. The van der Waals surface area contributed by atoms with Crippen LogP contribution in [0.2, 0.25) is 0 Å². The number of benzene rings is 4. The summed E-state index contributed by atoms with van der Waals surface area (Å²) >= 11 is 0. The molecule has 9 heteroatoms. The van der Waals surface area contributed by atoms with E-state index in [0.29, 0.717) is 12.6 Å². The highest BCUT2D eigenvalue weighted by atomic mass is 32.2. The zero-order chi connectivity index (χ0) is 32.8. The second kappa shape index (κ2) is 15.2. The van der Waals surface area contributed by atoms with Crippen molar-refractivity contribution in [3.8, 4) is 11.1 Å². The number of nitrogens with zero attached hydrogens (tertiary/aromatic N) is 1. The van der Waals surface area contributed by atoms with E-state index in [1.807, 2.05) is 60.7 Å². The van der Waals surface area contributed by atoms with E-state index < -0.39 is 16.3 Å². The lowest BCUT2D eigenvalue weighted by molar-refractivity contribution is -0.276. The van der Waals surface area contributed by atoms with Gasteiger partial charge >= 0.3 is 0 Å². The Hall–Kier alpha value is -3.41. The van der Waals surface area contributed by atoms with Crippen molar-refractivity contribution in [2.75, 3.05) is 26.8 Å². The Labute approximate surface area is 278 Å². The molecule has 5 atom stereocenters. The summed E-state index contributed by atoms with van der Waals surface area (Å²) in [5.74, 6) is 0.108. The quantitative estimate of drug-likeness (QED) is 0.187. The van der Waals surface area contributed by atoms with E-state index in [1.54, 1.807) is 37.4 Å². The van der Waals surface area contributed by atoms with Crippen molar-refractivity contribution < 1.29 is 27.7 Å². The number of rotatable bonds is 12. The van der Waals surface area contributed by atoms with Crippen LogP contribution < -0.4 is 4.72 Å². The third-order valence-electron chi connectivity index (χ3n) is 9.36. The SMILES string of the molecule is COCC1CCCN1CC1OC(c2ccc(-c3cccc(CNS(=O)(=O)c4ccccc4)c3)cc2)OC(c2ccc(CO)cc2)C1C. The van der Waals surface area contributed by atoms with Crippen molar-refractivity contribution in [3.05, 3.63) is 125 Å². The Bertz CT molecular complexity index is 1700. The van der Waals surface area contributed by atoms with Crippen LogP contribution in [0.25, 0.3) is 11.1 Å². The largest absolute Gasteiger partial charge is 0.392 e. The van der Waals surface area contributed by atoms with Crippen molar-refractivity contribution >= 4 is 10.0 Å². The molecule has 8 nitrogen and oxygen atoms in total. The van der Waals surface area contributed by atoms with Crippen LogP contribution in [0, 0.1) is 5.92 Å². The van der Waals surface area contributed by atoms with Crippen molar-refractivity contribution in [1.82, 2.24) is 9.62 Å². The highest BCUT2D eigenvalue weighted by Crippen LogP contribution is 2.42. The second-order valence-corrected chi connectivity index (χ2v) is 14.3. The molecule has 2 heterocycles. The molecule has 2 N–H and O–H groups in total. The van der Waals surface area contributed by atoms with E-state index in [1.165, 1.54) is 0 Å². The predicted octanol–water partition coefficient (Wildman–Crippen LogP) is 6.23. The van der Waals surface area contributed by atoms with Gasteiger partial charge in [0, 0.05) is 37.7 Å². The van der Waals surface area contributed by atoms with Crippen molar-refractivity contribution in [1.29, 1.82) is 0 Å². The zero-order valence-electron chi connectivity index (χ0n) is 27.0. The number of hydrogen-bond acceptors (Lipinski definition) is 7. The molecule has 2 aliphatic rings. The summed E-state index contributed by atoms with van der Waals surface area (Å²) in [5.41, 5.74) is 5.74. The number of ether oxygens (including phenoxy) is 3. The molecule has 0 aromatic heterocycles. The van der Waals surface area contributed by atoms with Gasteiger partial charge in [-0.25, -0.2) is 13.1 Å². The fraction of sp³-hybridized carbons (Fsp3) is 0.368. The Kier molecular flexibility index (Phi) is 10.8. The first-order valence-corrected chi connectivity index (χ1v) is 17.8. The Balaban J connectivity index is 1.19. The molecule has 0 saturated carbocycles. The van der Waals surface area contributed by atoms with Crippen LogP contribution in [0.1, 0.15) is 54.4 Å². The van der Waals surface area contributed by atoms with Crippen LogP contribution in [-0.4, -0.2) is 57.4 Å². The van der Waals surface area contributed by atoms with Gasteiger partial charge in [0.05, 0.1) is 30.3 Å². The molecule has 6 rings (SSSR count). The van der Waals surface area contributed by atoms with Gasteiger partial charge in [0.2, 0.25) is 10.0 Å². The van der Waals surface area contributed by atoms with Gasteiger partial charge in [0.15, 0.2) is 6.29 Å². The summed E-state index contributed by atoms with van der Waals surface area (Å²) < 4.78 is 47.1. The molecule has 2 fully saturated rings. The summed E-state index contributed by atoms with van der Waals surface area (Å²) in [6.45, 7) is 4.94. The van der Waals surface area contributed by atoms with Gasteiger partial charge < -0.3 is 19.3 Å². The van der Waals surface area contributed by atoms with Crippen LogP contribution >= 0.6 is 0 Å². The molecule has 0 amide bonds.